The van der Waals surface area contributed by atoms with E-state index in [4.69, 9.17) is 0 Å². The second-order valence-electron chi connectivity index (χ2n) is 9.44. The Kier molecular flexibility index (Phi) is 6.86. The van der Waals surface area contributed by atoms with Crippen molar-refractivity contribution >= 4 is 25.4 Å². The van der Waals surface area contributed by atoms with Crippen LogP contribution in [-0.2, 0) is 4.79 Å². The van der Waals surface area contributed by atoms with Crippen LogP contribution in [0, 0.1) is 18.4 Å². The summed E-state index contributed by atoms with van der Waals surface area (Å²) in [4.78, 5) is 16.9. The third kappa shape index (κ3) is 4.52. The highest BCUT2D eigenvalue weighted by molar-refractivity contribution is 6.90. The van der Waals surface area contributed by atoms with E-state index in [0.29, 0.717) is 16.6 Å². The summed E-state index contributed by atoms with van der Waals surface area (Å²) in [5.41, 5.74) is 11.3. The van der Waals surface area contributed by atoms with Gasteiger partial charge in [0.2, 0.25) is 5.91 Å². The number of aryl methyl sites for hydroxylation is 1. The molecule has 0 bridgehead atoms. The smallest absolute Gasteiger partial charge is 0.246 e. The molecule has 1 amide bonds. The summed E-state index contributed by atoms with van der Waals surface area (Å²) in [6, 6.07) is 14.3. The van der Waals surface area contributed by atoms with Gasteiger partial charge in [0, 0.05) is 16.7 Å². The van der Waals surface area contributed by atoms with Crippen molar-refractivity contribution in [2.24, 2.45) is 4.99 Å². The topological polar surface area (TPSA) is 41.5 Å². The minimum Gasteiger partial charge on any atom is -0.324 e. The van der Waals surface area contributed by atoms with Gasteiger partial charge < -0.3 is 5.32 Å². The molecule has 0 aromatic heterocycles. The molecule has 0 unspecified atom stereocenters. The van der Waals surface area contributed by atoms with Gasteiger partial charge in [0.1, 0.15) is 14.6 Å². The molecule has 1 aliphatic heterocycles. The van der Waals surface area contributed by atoms with Gasteiger partial charge in [-0.15, -0.1) is 5.54 Å². The van der Waals surface area contributed by atoms with E-state index in [1.807, 2.05) is 24.3 Å². The Morgan fingerprint density at radius 1 is 0.935 bits per heavy atom. The van der Waals surface area contributed by atoms with Crippen LogP contribution >= 0.6 is 0 Å². The maximum Gasteiger partial charge on any atom is 0.246 e. The summed E-state index contributed by atoms with van der Waals surface area (Å²) >= 11 is 0. The first-order chi connectivity index (χ1) is 14.7. The number of hydrogen-bond acceptors (Lipinski definition) is 2. The van der Waals surface area contributed by atoms with E-state index in [0.717, 1.165) is 33.7 Å². The lowest BCUT2D eigenvalue weighted by Gasteiger charge is -2.38. The highest BCUT2D eigenvalue weighted by Gasteiger charge is 2.41. The number of anilines is 1. The molecule has 162 valence electrons. The van der Waals surface area contributed by atoms with Gasteiger partial charge in [-0.3, -0.25) is 9.79 Å². The molecule has 3 nitrogen and oxygen atoms in total. The molecule has 0 saturated carbocycles. The summed E-state index contributed by atoms with van der Waals surface area (Å²) in [5, 5.41) is 3.00. The maximum absolute atomic E-state index is 12.2. The number of hydrogen-bond donors (Lipinski definition) is 1. The fourth-order valence-corrected chi connectivity index (χ4v) is 10.3. The number of nitrogens with one attached hydrogen (secondary N) is 1. The third-order valence-electron chi connectivity index (χ3n) is 6.62. The van der Waals surface area contributed by atoms with Gasteiger partial charge in [0.05, 0.1) is 11.4 Å². The van der Waals surface area contributed by atoms with E-state index >= 15 is 0 Å². The predicted molar refractivity (Wildman–Crippen MR) is 135 cm³/mol. The van der Waals surface area contributed by atoms with E-state index in [1.165, 1.54) is 0 Å². The molecule has 3 rings (SSSR count). The maximum atomic E-state index is 12.2. The highest BCUT2D eigenvalue weighted by Crippen LogP contribution is 2.40. The van der Waals surface area contributed by atoms with Crippen molar-refractivity contribution < 1.29 is 4.79 Å². The predicted octanol–water partition coefficient (Wildman–Crippen LogP) is 6.35. The van der Waals surface area contributed by atoms with Gasteiger partial charge in [-0.1, -0.05) is 71.7 Å². The van der Waals surface area contributed by atoms with E-state index in [9.17, 15) is 4.79 Å². The minimum atomic E-state index is -1.82. The Labute approximate surface area is 188 Å². The van der Waals surface area contributed by atoms with Gasteiger partial charge in [-0.05, 0) is 47.3 Å². The van der Waals surface area contributed by atoms with Crippen molar-refractivity contribution in [3.63, 3.8) is 0 Å². The van der Waals surface area contributed by atoms with Crippen LogP contribution in [0.5, 0.6) is 0 Å². The van der Waals surface area contributed by atoms with Crippen LogP contribution in [0.2, 0.25) is 16.6 Å². The zero-order valence-corrected chi connectivity index (χ0v) is 20.8. The number of carbonyl (C=O) groups is 1. The number of carbonyl (C=O) groups excluding carboxylic acids is 1. The van der Waals surface area contributed by atoms with Crippen LogP contribution in [-0.4, -0.2) is 26.2 Å². The van der Waals surface area contributed by atoms with Gasteiger partial charge in [0.25, 0.3) is 0 Å². The molecule has 0 fully saturated rings. The summed E-state index contributed by atoms with van der Waals surface area (Å²) in [6.07, 6.45) is 0. The Hall–Kier alpha value is -2.64. The second-order valence-corrected chi connectivity index (χ2v) is 15.0. The van der Waals surface area contributed by atoms with Crippen LogP contribution in [0.4, 0.5) is 5.69 Å². The number of aliphatic imine (C=N–C) groups is 1. The first-order valence-electron chi connectivity index (χ1n) is 11.2. The lowest BCUT2D eigenvalue weighted by Crippen LogP contribution is -2.43. The van der Waals surface area contributed by atoms with Crippen molar-refractivity contribution in [1.82, 2.24) is 0 Å². The molecular weight excluding hydrogens is 396 g/mol. The Balaban J connectivity index is 2.14. The lowest BCUT2D eigenvalue weighted by atomic mass is 9.95. The molecule has 2 aromatic rings. The van der Waals surface area contributed by atoms with Crippen molar-refractivity contribution in [3.8, 4) is 11.5 Å². The summed E-state index contributed by atoms with van der Waals surface area (Å²) in [7, 11) is -1.82. The molecule has 0 saturated heterocycles. The zero-order chi connectivity index (χ0) is 22.8. The van der Waals surface area contributed by atoms with Crippen LogP contribution in [0.3, 0.4) is 0 Å². The van der Waals surface area contributed by atoms with E-state index in [2.05, 4.69) is 88.4 Å². The number of fused-ring (bicyclic) bond motifs is 1. The van der Waals surface area contributed by atoms with Crippen molar-refractivity contribution in [2.45, 2.75) is 65.1 Å². The molecular formula is C27H34N2OSi. The van der Waals surface area contributed by atoms with Crippen LogP contribution in [0.25, 0.3) is 0 Å². The zero-order valence-electron chi connectivity index (χ0n) is 19.8. The molecule has 0 atom stereocenters. The van der Waals surface area contributed by atoms with Crippen LogP contribution < -0.4 is 5.32 Å². The first kappa shape index (κ1) is 23.0. The average molecular weight is 431 g/mol. The Morgan fingerprint density at radius 3 is 2.19 bits per heavy atom. The Morgan fingerprint density at radius 2 is 1.58 bits per heavy atom. The summed E-state index contributed by atoms with van der Waals surface area (Å²) in [6.45, 7) is 16.2. The fourth-order valence-electron chi connectivity index (χ4n) is 5.03. The molecule has 0 spiro atoms. The number of rotatable bonds is 4. The second kappa shape index (κ2) is 9.24. The number of amides is 1. The largest absolute Gasteiger partial charge is 0.324 e. The van der Waals surface area contributed by atoms with E-state index in [-0.39, 0.29) is 12.5 Å². The molecule has 31 heavy (non-hydrogen) atoms. The number of benzodiazepines with no additional fused rings is 1. The molecule has 2 aromatic carbocycles. The third-order valence-corrected chi connectivity index (χ3v) is 12.9. The molecule has 1 heterocycles. The van der Waals surface area contributed by atoms with E-state index in [1.54, 1.807) is 0 Å². The molecule has 0 aliphatic carbocycles. The Bertz CT molecular complexity index is 1050. The highest BCUT2D eigenvalue weighted by atomic mass is 28.3. The number of benzene rings is 2. The van der Waals surface area contributed by atoms with Crippen LogP contribution in [0.15, 0.2) is 47.5 Å². The normalized spacial score (nSPS) is 14.0. The van der Waals surface area contributed by atoms with Crippen molar-refractivity contribution in [1.29, 1.82) is 0 Å². The van der Waals surface area contributed by atoms with Gasteiger partial charge in [-0.25, -0.2) is 0 Å². The standard InChI is InChI=1S/C27H34N2OSi/c1-18(2)31(19(3)4,20(5)6)15-14-22-12-13-25-24(16-22)27(28-17-26(30)29-25)23-11-9-8-10-21(23)7/h8-13,16,18-20H,17H2,1-7H3,(H,29,30). The SMILES string of the molecule is Cc1ccccc1C1=NCC(=O)Nc2ccc(C#C[Si](C(C)C)(C(C)C)C(C)C)cc21. The lowest BCUT2D eigenvalue weighted by molar-refractivity contribution is -0.114. The van der Waals surface area contributed by atoms with Crippen molar-refractivity contribution in [3.05, 3.63) is 64.7 Å². The monoisotopic (exact) mass is 430 g/mol. The molecule has 4 heteroatoms. The first-order valence-corrected chi connectivity index (χ1v) is 13.5. The quantitative estimate of drug-likeness (QED) is 0.445. The van der Waals surface area contributed by atoms with Gasteiger partial charge in [-0.2, -0.15) is 0 Å². The van der Waals surface area contributed by atoms with Crippen molar-refractivity contribution in [2.75, 3.05) is 11.9 Å². The van der Waals surface area contributed by atoms with E-state index < -0.39 is 8.07 Å². The summed E-state index contributed by atoms with van der Waals surface area (Å²) < 4.78 is 0. The molecule has 1 N–H and O–H groups in total. The van der Waals surface area contributed by atoms with Gasteiger partial charge >= 0.3 is 0 Å². The van der Waals surface area contributed by atoms with Crippen LogP contribution in [0.1, 0.15) is 63.8 Å². The summed E-state index contributed by atoms with van der Waals surface area (Å²) in [5.74, 6) is 3.45. The fraction of sp³-hybridized carbons (Fsp3) is 0.407. The average Bonchev–Trinajstić information content (AvgIpc) is 2.86. The molecule has 0 radical (unpaired) electrons. The van der Waals surface area contributed by atoms with Gasteiger partial charge in [0.15, 0.2) is 0 Å². The molecule has 1 aliphatic rings. The number of nitrogens with zero attached hydrogens (tertiary/aromatic N) is 1. The minimum absolute atomic E-state index is 0.0884.